The van der Waals surface area contributed by atoms with Gasteiger partial charge in [-0.3, -0.25) is 4.79 Å². The van der Waals surface area contributed by atoms with E-state index in [-0.39, 0.29) is 5.91 Å². The maximum Gasteiger partial charge on any atom is 0.251 e. The molecular formula is C20H23N3O. The van der Waals surface area contributed by atoms with E-state index in [1.165, 1.54) is 0 Å². The summed E-state index contributed by atoms with van der Waals surface area (Å²) in [7, 11) is 0. The van der Waals surface area contributed by atoms with Crippen molar-refractivity contribution in [3.8, 4) is 0 Å². The normalized spacial score (nSPS) is 11.1. The van der Waals surface area contributed by atoms with Gasteiger partial charge in [-0.05, 0) is 30.2 Å². The van der Waals surface area contributed by atoms with Crippen molar-refractivity contribution in [2.24, 2.45) is 5.92 Å². The van der Waals surface area contributed by atoms with Crippen LogP contribution >= 0.6 is 0 Å². The molecule has 0 aliphatic heterocycles. The summed E-state index contributed by atoms with van der Waals surface area (Å²) >= 11 is 0. The number of carbonyl (C=O) groups is 1. The molecule has 3 rings (SSSR count). The Hall–Kier alpha value is -2.62. The third-order valence-electron chi connectivity index (χ3n) is 3.95. The maximum absolute atomic E-state index is 12.1. The molecule has 0 fully saturated rings. The van der Waals surface area contributed by atoms with Crippen LogP contribution in [0.5, 0.6) is 0 Å². The Kier molecular flexibility index (Phi) is 4.94. The highest BCUT2D eigenvalue weighted by atomic mass is 16.1. The molecule has 0 spiro atoms. The van der Waals surface area contributed by atoms with E-state index in [4.69, 9.17) is 4.98 Å². The van der Waals surface area contributed by atoms with E-state index in [0.717, 1.165) is 29.8 Å². The maximum atomic E-state index is 12.1. The number of nitrogens with one attached hydrogen (secondary N) is 1. The lowest BCUT2D eigenvalue weighted by Gasteiger charge is -2.12. The first kappa shape index (κ1) is 16.2. The zero-order valence-electron chi connectivity index (χ0n) is 14.2. The molecule has 4 nitrogen and oxygen atoms in total. The summed E-state index contributed by atoms with van der Waals surface area (Å²) in [5.74, 6) is 1.53. The van der Waals surface area contributed by atoms with Crippen LogP contribution < -0.4 is 5.32 Å². The first-order valence-electron chi connectivity index (χ1n) is 8.42. The van der Waals surface area contributed by atoms with Gasteiger partial charge in [0.2, 0.25) is 0 Å². The van der Waals surface area contributed by atoms with E-state index in [2.05, 4.69) is 29.8 Å². The van der Waals surface area contributed by atoms with Crippen molar-refractivity contribution in [3.05, 3.63) is 66.0 Å². The Morgan fingerprint density at radius 2 is 1.79 bits per heavy atom. The standard InChI is InChI=1S/C20H23N3O/c1-15(2)14-23-18-11-7-6-10-17(18)22-19(23)12-13-21-20(24)16-8-4-3-5-9-16/h3-11,15H,12-14H2,1-2H3,(H,21,24). The van der Waals surface area contributed by atoms with Gasteiger partial charge in [-0.25, -0.2) is 4.98 Å². The van der Waals surface area contributed by atoms with Crippen molar-refractivity contribution < 1.29 is 4.79 Å². The number of amides is 1. The number of benzene rings is 2. The fourth-order valence-corrected chi connectivity index (χ4v) is 2.86. The third-order valence-corrected chi connectivity index (χ3v) is 3.95. The Labute approximate surface area is 142 Å². The SMILES string of the molecule is CC(C)Cn1c(CCNC(=O)c2ccccc2)nc2ccccc21. The number of nitrogens with zero attached hydrogens (tertiary/aromatic N) is 2. The number of rotatable bonds is 6. The summed E-state index contributed by atoms with van der Waals surface area (Å²) < 4.78 is 2.27. The predicted octanol–water partition coefficient (Wildman–Crippen LogP) is 3.66. The molecule has 4 heteroatoms. The van der Waals surface area contributed by atoms with Crippen LogP contribution in [0.4, 0.5) is 0 Å². The van der Waals surface area contributed by atoms with Gasteiger partial charge in [0.25, 0.3) is 5.91 Å². The van der Waals surface area contributed by atoms with Gasteiger partial charge < -0.3 is 9.88 Å². The highest BCUT2D eigenvalue weighted by Crippen LogP contribution is 2.18. The van der Waals surface area contributed by atoms with Crippen LogP contribution in [0, 0.1) is 5.92 Å². The molecule has 24 heavy (non-hydrogen) atoms. The van der Waals surface area contributed by atoms with E-state index in [9.17, 15) is 4.79 Å². The van der Waals surface area contributed by atoms with E-state index in [0.29, 0.717) is 18.0 Å². The van der Waals surface area contributed by atoms with Crippen LogP contribution in [0.2, 0.25) is 0 Å². The van der Waals surface area contributed by atoms with Gasteiger partial charge in [-0.15, -0.1) is 0 Å². The lowest BCUT2D eigenvalue weighted by atomic mass is 10.2. The summed E-state index contributed by atoms with van der Waals surface area (Å²) in [5.41, 5.74) is 2.87. The van der Waals surface area contributed by atoms with Crippen LogP contribution in [0.25, 0.3) is 11.0 Å². The van der Waals surface area contributed by atoms with Gasteiger partial charge in [0.05, 0.1) is 11.0 Å². The van der Waals surface area contributed by atoms with Crippen LogP contribution in [-0.4, -0.2) is 22.0 Å². The Morgan fingerprint density at radius 1 is 1.08 bits per heavy atom. The molecule has 124 valence electrons. The molecule has 0 unspecified atom stereocenters. The number of carbonyl (C=O) groups excluding carboxylic acids is 1. The van der Waals surface area contributed by atoms with Crippen LogP contribution in [0.1, 0.15) is 30.0 Å². The molecule has 0 radical (unpaired) electrons. The highest BCUT2D eigenvalue weighted by molar-refractivity contribution is 5.94. The smallest absolute Gasteiger partial charge is 0.251 e. The second kappa shape index (κ2) is 7.30. The van der Waals surface area contributed by atoms with E-state index in [1.54, 1.807) is 0 Å². The van der Waals surface area contributed by atoms with Crippen molar-refractivity contribution in [1.29, 1.82) is 0 Å². The molecule has 1 aromatic heterocycles. The summed E-state index contributed by atoms with van der Waals surface area (Å²) in [4.78, 5) is 16.9. The number of para-hydroxylation sites is 2. The van der Waals surface area contributed by atoms with Crippen molar-refractivity contribution in [2.75, 3.05) is 6.54 Å². The molecule has 1 amide bonds. The minimum Gasteiger partial charge on any atom is -0.352 e. The Balaban J connectivity index is 1.72. The van der Waals surface area contributed by atoms with Gasteiger partial charge in [0.15, 0.2) is 0 Å². The van der Waals surface area contributed by atoms with Crippen molar-refractivity contribution in [2.45, 2.75) is 26.8 Å². The molecule has 0 aliphatic carbocycles. The highest BCUT2D eigenvalue weighted by Gasteiger charge is 2.12. The monoisotopic (exact) mass is 321 g/mol. The Bertz CT molecular complexity index is 821. The fraction of sp³-hybridized carbons (Fsp3) is 0.300. The number of imidazole rings is 1. The summed E-state index contributed by atoms with van der Waals surface area (Å²) in [5, 5.41) is 2.98. The number of hydrogen-bond donors (Lipinski definition) is 1. The minimum absolute atomic E-state index is 0.0397. The molecule has 3 aromatic rings. The first-order valence-corrected chi connectivity index (χ1v) is 8.42. The molecule has 0 aliphatic rings. The number of fused-ring (bicyclic) bond motifs is 1. The zero-order chi connectivity index (χ0) is 16.9. The summed E-state index contributed by atoms with van der Waals surface area (Å²) in [6, 6.07) is 17.5. The zero-order valence-corrected chi connectivity index (χ0v) is 14.2. The van der Waals surface area contributed by atoms with Gasteiger partial charge in [-0.2, -0.15) is 0 Å². The van der Waals surface area contributed by atoms with Crippen LogP contribution in [-0.2, 0) is 13.0 Å². The van der Waals surface area contributed by atoms with Crippen molar-refractivity contribution in [1.82, 2.24) is 14.9 Å². The molecule has 0 saturated carbocycles. The third kappa shape index (κ3) is 3.65. The van der Waals surface area contributed by atoms with E-state index >= 15 is 0 Å². The second-order valence-corrected chi connectivity index (χ2v) is 6.39. The first-order chi connectivity index (χ1) is 11.6. The van der Waals surface area contributed by atoms with E-state index in [1.807, 2.05) is 48.5 Å². The molecule has 2 aromatic carbocycles. The van der Waals surface area contributed by atoms with Gasteiger partial charge >= 0.3 is 0 Å². The average Bonchev–Trinajstić information content (AvgIpc) is 2.93. The van der Waals surface area contributed by atoms with Gasteiger partial charge in [-0.1, -0.05) is 44.2 Å². The average molecular weight is 321 g/mol. The number of hydrogen-bond acceptors (Lipinski definition) is 2. The van der Waals surface area contributed by atoms with Gasteiger partial charge in [0.1, 0.15) is 5.82 Å². The van der Waals surface area contributed by atoms with Crippen LogP contribution in [0.3, 0.4) is 0 Å². The molecular weight excluding hydrogens is 298 g/mol. The molecule has 0 bridgehead atoms. The largest absolute Gasteiger partial charge is 0.352 e. The molecule has 0 atom stereocenters. The Morgan fingerprint density at radius 3 is 2.54 bits per heavy atom. The van der Waals surface area contributed by atoms with Gasteiger partial charge in [0, 0.05) is 25.1 Å². The van der Waals surface area contributed by atoms with Crippen molar-refractivity contribution in [3.63, 3.8) is 0 Å². The summed E-state index contributed by atoms with van der Waals surface area (Å²) in [6.45, 7) is 5.92. The quantitative estimate of drug-likeness (QED) is 0.753. The molecule has 1 N–H and O–H groups in total. The lowest BCUT2D eigenvalue weighted by molar-refractivity contribution is 0.0954. The fourth-order valence-electron chi connectivity index (χ4n) is 2.86. The van der Waals surface area contributed by atoms with Crippen molar-refractivity contribution >= 4 is 16.9 Å². The predicted molar refractivity (Wildman–Crippen MR) is 97.1 cm³/mol. The number of aromatic nitrogens is 2. The molecule has 0 saturated heterocycles. The topological polar surface area (TPSA) is 46.9 Å². The summed E-state index contributed by atoms with van der Waals surface area (Å²) in [6.07, 6.45) is 0.722. The molecule has 1 heterocycles. The minimum atomic E-state index is -0.0397. The van der Waals surface area contributed by atoms with E-state index < -0.39 is 0 Å². The second-order valence-electron chi connectivity index (χ2n) is 6.39. The lowest BCUT2D eigenvalue weighted by Crippen LogP contribution is -2.26. The van der Waals surface area contributed by atoms with Crippen LogP contribution in [0.15, 0.2) is 54.6 Å².